The van der Waals surface area contributed by atoms with Crippen molar-refractivity contribution >= 4 is 0 Å². The average Bonchev–Trinajstić information content (AvgIpc) is 2.65. The van der Waals surface area contributed by atoms with E-state index in [4.69, 9.17) is 0 Å². The fourth-order valence-electron chi connectivity index (χ4n) is 4.66. The van der Waals surface area contributed by atoms with Crippen molar-refractivity contribution < 1.29 is 17.6 Å². The van der Waals surface area contributed by atoms with E-state index >= 15 is 0 Å². The molecule has 3 rings (SSSR count). The van der Waals surface area contributed by atoms with Gasteiger partial charge in [0, 0.05) is 0 Å². The van der Waals surface area contributed by atoms with Crippen LogP contribution in [0.1, 0.15) is 57.9 Å². The van der Waals surface area contributed by atoms with E-state index in [2.05, 4.69) is 13.8 Å². The number of halogens is 4. The third-order valence-electron chi connectivity index (χ3n) is 6.26. The molecule has 0 aliphatic heterocycles. The highest BCUT2D eigenvalue weighted by Crippen LogP contribution is 2.37. The second kappa shape index (κ2) is 9.11. The quantitative estimate of drug-likeness (QED) is 0.442. The van der Waals surface area contributed by atoms with Crippen molar-refractivity contribution in [2.24, 2.45) is 17.8 Å². The molecule has 0 saturated heterocycles. The van der Waals surface area contributed by atoms with E-state index in [1.54, 1.807) is 0 Å². The predicted octanol–water partition coefficient (Wildman–Crippen LogP) is 7.70. The summed E-state index contributed by atoms with van der Waals surface area (Å²) in [7, 11) is 0. The van der Waals surface area contributed by atoms with Crippen molar-refractivity contribution in [2.75, 3.05) is 0 Å². The van der Waals surface area contributed by atoms with E-state index in [0.29, 0.717) is 23.8 Å². The molecule has 0 nitrogen and oxygen atoms in total. The van der Waals surface area contributed by atoms with Crippen molar-refractivity contribution in [1.82, 2.24) is 0 Å². The van der Waals surface area contributed by atoms with E-state index in [1.807, 2.05) is 0 Å². The second-order valence-corrected chi connectivity index (χ2v) is 8.31. The van der Waals surface area contributed by atoms with E-state index in [-0.39, 0.29) is 11.1 Å². The van der Waals surface area contributed by atoms with E-state index in [9.17, 15) is 17.6 Å². The van der Waals surface area contributed by atoms with Crippen molar-refractivity contribution in [3.63, 3.8) is 0 Å². The molecular formula is C24H28F4. The minimum Gasteiger partial charge on any atom is -0.206 e. The highest BCUT2D eigenvalue weighted by Gasteiger charge is 2.25. The van der Waals surface area contributed by atoms with Gasteiger partial charge in [0.2, 0.25) is 0 Å². The number of rotatable bonds is 6. The maximum absolute atomic E-state index is 14.6. The van der Waals surface area contributed by atoms with Gasteiger partial charge >= 0.3 is 0 Å². The van der Waals surface area contributed by atoms with Crippen LogP contribution in [0.3, 0.4) is 0 Å². The monoisotopic (exact) mass is 392 g/mol. The molecule has 1 fully saturated rings. The van der Waals surface area contributed by atoms with Crippen molar-refractivity contribution in [2.45, 2.75) is 58.8 Å². The molecule has 152 valence electrons. The van der Waals surface area contributed by atoms with Crippen molar-refractivity contribution in [3.05, 3.63) is 59.2 Å². The summed E-state index contributed by atoms with van der Waals surface area (Å²) in [5, 5.41) is 0. The number of benzene rings is 2. The van der Waals surface area contributed by atoms with Gasteiger partial charge in [-0.1, -0.05) is 45.6 Å². The summed E-state index contributed by atoms with van der Waals surface area (Å²) in [6, 6.07) is 5.57. The van der Waals surface area contributed by atoms with Gasteiger partial charge in [0.15, 0.2) is 11.6 Å². The Bertz CT molecular complexity index is 783. The molecule has 1 aliphatic carbocycles. The normalized spacial score (nSPS) is 20.9. The molecule has 2 aromatic carbocycles. The predicted molar refractivity (Wildman–Crippen MR) is 105 cm³/mol. The molecule has 4 heteroatoms. The first-order valence-corrected chi connectivity index (χ1v) is 10.3. The molecule has 0 unspecified atom stereocenters. The summed E-state index contributed by atoms with van der Waals surface area (Å²) in [4.78, 5) is 0. The lowest BCUT2D eigenvalue weighted by atomic mass is 9.73. The zero-order valence-corrected chi connectivity index (χ0v) is 16.6. The highest BCUT2D eigenvalue weighted by atomic mass is 19.2. The first-order chi connectivity index (χ1) is 13.4. The molecule has 28 heavy (non-hydrogen) atoms. The smallest absolute Gasteiger partial charge is 0.159 e. The van der Waals surface area contributed by atoms with E-state index in [1.165, 1.54) is 56.7 Å². The molecule has 2 aromatic rings. The van der Waals surface area contributed by atoms with Gasteiger partial charge in [-0.3, -0.25) is 0 Å². The maximum atomic E-state index is 14.6. The van der Waals surface area contributed by atoms with Gasteiger partial charge in [-0.15, -0.1) is 0 Å². The summed E-state index contributed by atoms with van der Waals surface area (Å²) in [5.74, 6) is -1.85. The Labute approximate surface area is 165 Å². The van der Waals surface area contributed by atoms with Gasteiger partial charge in [0.25, 0.3) is 0 Å². The topological polar surface area (TPSA) is 0 Å². The number of hydrogen-bond donors (Lipinski definition) is 0. The van der Waals surface area contributed by atoms with E-state index in [0.717, 1.165) is 18.1 Å². The molecule has 0 bridgehead atoms. The standard InChI is InChI=1S/C24H28F4/c1-3-4-16-5-7-18(8-6-16)15(2)11-17-12-22(27)24(23(28)13-17)19-9-10-20(25)21(26)14-19/h9-10,12-16,18H,3-8,11H2,1-2H3/t15-,16?,18?/m1/s1. The second-order valence-electron chi connectivity index (χ2n) is 8.31. The Morgan fingerprint density at radius 1 is 0.857 bits per heavy atom. The van der Waals surface area contributed by atoms with Crippen molar-refractivity contribution in [3.8, 4) is 11.1 Å². The van der Waals surface area contributed by atoms with Gasteiger partial charge in [-0.25, -0.2) is 17.6 Å². The molecule has 0 N–H and O–H groups in total. The van der Waals surface area contributed by atoms with Crippen LogP contribution in [0.15, 0.2) is 30.3 Å². The zero-order valence-electron chi connectivity index (χ0n) is 16.6. The SMILES string of the molecule is CCCC1CCC([C@H](C)Cc2cc(F)c(-c3ccc(F)c(F)c3)c(F)c2)CC1. The Kier molecular flexibility index (Phi) is 6.79. The molecule has 0 radical (unpaired) electrons. The molecule has 0 amide bonds. The third kappa shape index (κ3) is 4.76. The zero-order chi connectivity index (χ0) is 20.3. The van der Waals surface area contributed by atoms with Crippen LogP contribution in [-0.4, -0.2) is 0 Å². The number of hydrogen-bond acceptors (Lipinski definition) is 0. The van der Waals surface area contributed by atoms with Crippen LogP contribution in [0.25, 0.3) is 11.1 Å². The van der Waals surface area contributed by atoms with Crippen molar-refractivity contribution in [1.29, 1.82) is 0 Å². The van der Waals surface area contributed by atoms with Gasteiger partial charge in [-0.05, 0) is 72.4 Å². The molecular weight excluding hydrogens is 364 g/mol. The van der Waals surface area contributed by atoms with Crippen LogP contribution >= 0.6 is 0 Å². The van der Waals surface area contributed by atoms with Gasteiger partial charge in [-0.2, -0.15) is 0 Å². The Morgan fingerprint density at radius 2 is 1.50 bits per heavy atom. The van der Waals surface area contributed by atoms with Gasteiger partial charge in [0.05, 0.1) is 5.56 Å². The van der Waals surface area contributed by atoms with Gasteiger partial charge in [0.1, 0.15) is 11.6 Å². The van der Waals surface area contributed by atoms with Gasteiger partial charge < -0.3 is 0 Å². The van der Waals surface area contributed by atoms with Crippen LogP contribution in [0.4, 0.5) is 17.6 Å². The van der Waals surface area contributed by atoms with Crippen LogP contribution in [0.2, 0.25) is 0 Å². The minimum absolute atomic E-state index is 0.00254. The summed E-state index contributed by atoms with van der Waals surface area (Å²) in [5.41, 5.74) is 0.308. The molecule has 0 spiro atoms. The van der Waals surface area contributed by atoms with Crippen LogP contribution in [0, 0.1) is 41.0 Å². The van der Waals surface area contributed by atoms with Crippen LogP contribution in [-0.2, 0) is 6.42 Å². The summed E-state index contributed by atoms with van der Waals surface area (Å²) in [6.45, 7) is 4.38. The first kappa shape index (κ1) is 20.9. The lowest BCUT2D eigenvalue weighted by molar-refractivity contribution is 0.206. The Hall–Kier alpha value is -1.84. The van der Waals surface area contributed by atoms with Crippen LogP contribution in [0.5, 0.6) is 0 Å². The van der Waals surface area contributed by atoms with Crippen LogP contribution < -0.4 is 0 Å². The lowest BCUT2D eigenvalue weighted by Gasteiger charge is -2.32. The molecule has 1 aliphatic rings. The fraction of sp³-hybridized carbons (Fsp3) is 0.500. The fourth-order valence-corrected chi connectivity index (χ4v) is 4.66. The molecule has 1 atom stereocenters. The minimum atomic E-state index is -1.12. The summed E-state index contributed by atoms with van der Waals surface area (Å²) < 4.78 is 55.7. The maximum Gasteiger partial charge on any atom is 0.159 e. The lowest BCUT2D eigenvalue weighted by Crippen LogP contribution is -2.21. The Morgan fingerprint density at radius 3 is 2.07 bits per heavy atom. The highest BCUT2D eigenvalue weighted by molar-refractivity contribution is 5.65. The average molecular weight is 392 g/mol. The summed E-state index contributed by atoms with van der Waals surface area (Å²) >= 11 is 0. The summed E-state index contributed by atoms with van der Waals surface area (Å²) in [6.07, 6.45) is 8.01. The Balaban J connectivity index is 1.71. The third-order valence-corrected chi connectivity index (χ3v) is 6.26. The van der Waals surface area contributed by atoms with E-state index < -0.39 is 23.3 Å². The first-order valence-electron chi connectivity index (χ1n) is 10.3. The molecule has 0 heterocycles. The molecule has 0 aromatic heterocycles. The largest absolute Gasteiger partial charge is 0.206 e. The molecule has 1 saturated carbocycles.